The lowest BCUT2D eigenvalue weighted by Crippen LogP contribution is -2.42. The molecule has 3 heterocycles. The van der Waals surface area contributed by atoms with E-state index in [0.717, 1.165) is 5.56 Å². The summed E-state index contributed by atoms with van der Waals surface area (Å²) in [5.74, 6) is -0.489. The van der Waals surface area contributed by atoms with Gasteiger partial charge in [0.15, 0.2) is 0 Å². The van der Waals surface area contributed by atoms with Gasteiger partial charge in [-0.15, -0.1) is 0 Å². The van der Waals surface area contributed by atoms with Crippen molar-refractivity contribution in [2.24, 2.45) is 0 Å². The minimum absolute atomic E-state index is 0.0151. The van der Waals surface area contributed by atoms with Crippen molar-refractivity contribution in [1.29, 1.82) is 0 Å². The fourth-order valence-corrected chi connectivity index (χ4v) is 3.59. The lowest BCUT2D eigenvalue weighted by molar-refractivity contribution is -0.136. The predicted molar refractivity (Wildman–Crippen MR) is 95.3 cm³/mol. The number of morpholine rings is 1. The van der Waals surface area contributed by atoms with Gasteiger partial charge in [0.1, 0.15) is 5.82 Å². The summed E-state index contributed by atoms with van der Waals surface area (Å²) in [7, 11) is 0. The van der Waals surface area contributed by atoms with Crippen LogP contribution in [0.1, 0.15) is 34.1 Å². The van der Waals surface area contributed by atoms with Gasteiger partial charge in [0.25, 0.3) is 5.91 Å². The molecule has 4 rings (SSSR count). The molecular weight excluding hydrogens is 349 g/mol. The topological polar surface area (TPSA) is 62.7 Å². The number of carbonyl (C=O) groups excluding carboxylic acids is 2. The van der Waals surface area contributed by atoms with Crippen LogP contribution in [-0.4, -0.2) is 52.9 Å². The molecule has 1 aromatic heterocycles. The molecule has 2 amide bonds. The number of amides is 2. The Kier molecular flexibility index (Phi) is 4.85. The molecule has 0 spiro atoms. The number of ether oxygens (including phenoxy) is 1. The third-order valence-corrected chi connectivity index (χ3v) is 5.02. The van der Waals surface area contributed by atoms with Gasteiger partial charge in [0.2, 0.25) is 5.91 Å². The highest BCUT2D eigenvalue weighted by Crippen LogP contribution is 2.36. The van der Waals surface area contributed by atoms with Crippen molar-refractivity contribution in [3.8, 4) is 0 Å². The van der Waals surface area contributed by atoms with Crippen LogP contribution in [0, 0.1) is 5.82 Å². The minimum atomic E-state index is -0.422. The minimum Gasteiger partial charge on any atom is -0.378 e. The fraction of sp³-hybridized carbons (Fsp3) is 0.350. The van der Waals surface area contributed by atoms with Crippen LogP contribution in [0.15, 0.2) is 42.6 Å². The van der Waals surface area contributed by atoms with Crippen LogP contribution in [0.3, 0.4) is 0 Å². The second kappa shape index (κ2) is 7.44. The zero-order valence-electron chi connectivity index (χ0n) is 14.8. The number of hydrogen-bond donors (Lipinski definition) is 0. The lowest BCUT2D eigenvalue weighted by Gasteiger charge is -2.30. The number of hydrogen-bond acceptors (Lipinski definition) is 4. The van der Waals surface area contributed by atoms with Crippen molar-refractivity contribution < 1.29 is 18.7 Å². The Morgan fingerprint density at radius 1 is 1.19 bits per heavy atom. The maximum atomic E-state index is 13.2. The summed E-state index contributed by atoms with van der Waals surface area (Å²) in [6, 6.07) is 9.08. The van der Waals surface area contributed by atoms with Crippen LogP contribution in [0.25, 0.3) is 0 Å². The smallest absolute Gasteiger partial charge is 0.256 e. The first-order valence-corrected chi connectivity index (χ1v) is 8.99. The Morgan fingerprint density at radius 3 is 2.67 bits per heavy atom. The average Bonchev–Trinajstić information content (AvgIpc) is 2.96. The number of carbonyl (C=O) groups is 2. The van der Waals surface area contributed by atoms with Gasteiger partial charge >= 0.3 is 0 Å². The van der Waals surface area contributed by atoms with Crippen molar-refractivity contribution in [3.63, 3.8) is 0 Å². The van der Waals surface area contributed by atoms with E-state index in [1.54, 1.807) is 40.3 Å². The van der Waals surface area contributed by atoms with Crippen molar-refractivity contribution in [1.82, 2.24) is 14.8 Å². The molecule has 0 N–H and O–H groups in total. The van der Waals surface area contributed by atoms with E-state index in [4.69, 9.17) is 4.74 Å². The molecule has 1 atom stereocenters. The van der Waals surface area contributed by atoms with Gasteiger partial charge in [-0.3, -0.25) is 14.6 Å². The Labute approximate surface area is 156 Å². The number of aromatic nitrogens is 1. The normalized spacial score (nSPS) is 19.3. The van der Waals surface area contributed by atoms with Gasteiger partial charge in [0.05, 0.1) is 36.9 Å². The maximum absolute atomic E-state index is 13.2. The summed E-state index contributed by atoms with van der Waals surface area (Å²) in [6.45, 7) is 2.49. The molecule has 1 aromatic carbocycles. The quantitative estimate of drug-likeness (QED) is 0.829. The number of fused-ring (bicyclic) bond motifs is 1. The zero-order chi connectivity index (χ0) is 18.8. The highest BCUT2D eigenvalue weighted by atomic mass is 19.1. The molecule has 2 aromatic rings. The maximum Gasteiger partial charge on any atom is 0.256 e. The van der Waals surface area contributed by atoms with Crippen LogP contribution < -0.4 is 0 Å². The molecule has 0 aliphatic carbocycles. The number of nitrogens with zero attached hydrogens (tertiary/aromatic N) is 3. The summed E-state index contributed by atoms with van der Waals surface area (Å²) in [5, 5.41) is 0. The Morgan fingerprint density at radius 2 is 1.93 bits per heavy atom. The second-order valence-corrected chi connectivity index (χ2v) is 6.71. The molecule has 7 heteroatoms. The third-order valence-electron chi connectivity index (χ3n) is 5.02. The molecule has 0 saturated carbocycles. The van der Waals surface area contributed by atoms with Crippen LogP contribution in [0.5, 0.6) is 0 Å². The van der Waals surface area contributed by atoms with Crippen LogP contribution in [0.4, 0.5) is 4.39 Å². The van der Waals surface area contributed by atoms with E-state index in [0.29, 0.717) is 44.1 Å². The molecule has 2 aliphatic heterocycles. The van der Waals surface area contributed by atoms with Gasteiger partial charge in [0, 0.05) is 25.8 Å². The molecule has 0 radical (unpaired) electrons. The Bertz CT molecular complexity index is 850. The van der Waals surface area contributed by atoms with Gasteiger partial charge in [-0.1, -0.05) is 12.1 Å². The first-order valence-electron chi connectivity index (χ1n) is 8.99. The summed E-state index contributed by atoms with van der Waals surface area (Å²) >= 11 is 0. The van der Waals surface area contributed by atoms with Crippen molar-refractivity contribution >= 4 is 11.8 Å². The summed E-state index contributed by atoms with van der Waals surface area (Å²) in [5.41, 5.74) is 1.96. The van der Waals surface area contributed by atoms with Crippen molar-refractivity contribution in [2.45, 2.75) is 19.0 Å². The number of pyridine rings is 1. The van der Waals surface area contributed by atoms with Crippen molar-refractivity contribution in [2.75, 3.05) is 26.3 Å². The molecule has 0 bridgehead atoms. The average molecular weight is 369 g/mol. The predicted octanol–water partition coefficient (Wildman–Crippen LogP) is 2.17. The van der Waals surface area contributed by atoms with Gasteiger partial charge in [-0.05, 0) is 29.8 Å². The van der Waals surface area contributed by atoms with Gasteiger partial charge < -0.3 is 14.5 Å². The molecule has 140 valence electrons. The number of benzene rings is 1. The van der Waals surface area contributed by atoms with Gasteiger partial charge in [-0.2, -0.15) is 0 Å². The largest absolute Gasteiger partial charge is 0.378 e. The summed E-state index contributed by atoms with van der Waals surface area (Å²) in [6.07, 6.45) is 1.82. The lowest BCUT2D eigenvalue weighted by atomic mass is 10.1. The van der Waals surface area contributed by atoms with Crippen LogP contribution in [-0.2, 0) is 16.1 Å². The van der Waals surface area contributed by atoms with E-state index in [1.807, 2.05) is 0 Å². The molecular formula is C20H20FN3O3. The molecule has 1 fully saturated rings. The Hall–Kier alpha value is -2.80. The fourth-order valence-electron chi connectivity index (χ4n) is 3.59. The molecule has 27 heavy (non-hydrogen) atoms. The van der Waals surface area contributed by atoms with Gasteiger partial charge in [-0.25, -0.2) is 4.39 Å². The standard InChI is InChI=1S/C20H20FN3O3/c21-15-5-3-14(4-6-15)13-24-17(12-18(25)23-8-10-27-11-9-23)19-16(20(24)26)2-1-7-22-19/h1-7,17H,8-13H2. The van der Waals surface area contributed by atoms with E-state index in [9.17, 15) is 14.0 Å². The third kappa shape index (κ3) is 3.55. The highest BCUT2D eigenvalue weighted by molar-refractivity contribution is 5.99. The van der Waals surface area contributed by atoms with E-state index in [-0.39, 0.29) is 24.1 Å². The SMILES string of the molecule is O=C(CC1c2ncccc2C(=O)N1Cc1ccc(F)cc1)N1CCOCC1. The van der Waals surface area contributed by atoms with E-state index < -0.39 is 6.04 Å². The highest BCUT2D eigenvalue weighted by Gasteiger charge is 2.39. The van der Waals surface area contributed by atoms with Crippen molar-refractivity contribution in [3.05, 3.63) is 65.2 Å². The summed E-state index contributed by atoms with van der Waals surface area (Å²) < 4.78 is 18.5. The zero-order valence-corrected chi connectivity index (χ0v) is 14.8. The molecule has 6 nitrogen and oxygen atoms in total. The summed E-state index contributed by atoms with van der Waals surface area (Å²) in [4.78, 5) is 33.5. The number of halogens is 1. The van der Waals surface area contributed by atoms with E-state index in [1.165, 1.54) is 12.1 Å². The molecule has 2 aliphatic rings. The molecule has 1 unspecified atom stereocenters. The van der Waals surface area contributed by atoms with E-state index >= 15 is 0 Å². The first kappa shape index (κ1) is 17.6. The van der Waals surface area contributed by atoms with Crippen LogP contribution in [0.2, 0.25) is 0 Å². The first-order chi connectivity index (χ1) is 13.1. The van der Waals surface area contributed by atoms with E-state index in [2.05, 4.69) is 4.98 Å². The Balaban J connectivity index is 1.59. The number of rotatable bonds is 4. The van der Waals surface area contributed by atoms with Crippen LogP contribution >= 0.6 is 0 Å². The second-order valence-electron chi connectivity index (χ2n) is 6.71. The monoisotopic (exact) mass is 369 g/mol. The molecule has 1 saturated heterocycles.